The quantitative estimate of drug-likeness (QED) is 0.656. The maximum Gasteiger partial charge on any atom is 0.150 e. The first-order valence-corrected chi connectivity index (χ1v) is 10.8. The van der Waals surface area contributed by atoms with Gasteiger partial charge >= 0.3 is 0 Å². The fourth-order valence-corrected chi connectivity index (χ4v) is 4.43. The van der Waals surface area contributed by atoms with Crippen molar-refractivity contribution in [2.24, 2.45) is 0 Å². The fourth-order valence-electron chi connectivity index (χ4n) is 4.43. The Balaban J connectivity index is 1.29. The summed E-state index contributed by atoms with van der Waals surface area (Å²) in [6.45, 7) is 3.23. The van der Waals surface area contributed by atoms with E-state index in [1.165, 1.54) is 29.5 Å². The van der Waals surface area contributed by atoms with E-state index in [0.717, 1.165) is 43.3 Å². The summed E-state index contributed by atoms with van der Waals surface area (Å²) in [6.07, 6.45) is 8.49. The number of ether oxygens (including phenoxy) is 2. The van der Waals surface area contributed by atoms with Gasteiger partial charge in [0, 0.05) is 37.6 Å². The van der Waals surface area contributed by atoms with Crippen molar-refractivity contribution < 1.29 is 9.47 Å². The van der Waals surface area contributed by atoms with Crippen LogP contribution in [0.15, 0.2) is 48.9 Å². The zero-order chi connectivity index (χ0) is 21.0. The summed E-state index contributed by atoms with van der Waals surface area (Å²) in [4.78, 5) is 15.5. The normalized spacial score (nSPS) is 18.5. The van der Waals surface area contributed by atoms with Gasteiger partial charge in [-0.1, -0.05) is 12.1 Å². The number of rotatable bonds is 6. The lowest BCUT2D eigenvalue weighted by Gasteiger charge is -2.33. The van der Waals surface area contributed by atoms with Crippen molar-refractivity contribution in [2.75, 3.05) is 32.1 Å². The van der Waals surface area contributed by atoms with Crippen molar-refractivity contribution >= 4 is 11.6 Å². The number of nitrogens with one attached hydrogen (secondary N) is 1. The van der Waals surface area contributed by atoms with Crippen LogP contribution < -0.4 is 10.1 Å². The van der Waals surface area contributed by atoms with Crippen LogP contribution in [-0.4, -0.2) is 46.7 Å². The first kappa shape index (κ1) is 19.9. The van der Waals surface area contributed by atoms with Crippen LogP contribution >= 0.6 is 0 Å². The molecule has 2 aromatic heterocycles. The second kappa shape index (κ2) is 8.99. The Morgan fingerprint density at radius 2 is 2.06 bits per heavy atom. The molecule has 1 aromatic carbocycles. The third-order valence-electron chi connectivity index (χ3n) is 5.96. The number of methoxy groups -OCH3 is 1. The number of hydrogen-bond acceptors (Lipinski definition) is 7. The molecule has 0 bridgehead atoms. The van der Waals surface area contributed by atoms with Crippen LogP contribution in [0.25, 0.3) is 0 Å². The number of morpholine rings is 1. The fraction of sp³-hybridized carbons (Fsp3) is 0.375. The molecule has 5 rings (SSSR count). The number of anilines is 2. The van der Waals surface area contributed by atoms with Crippen LogP contribution in [0.5, 0.6) is 5.75 Å². The largest absolute Gasteiger partial charge is 0.496 e. The summed E-state index contributed by atoms with van der Waals surface area (Å²) in [5.41, 5.74) is 5.09. The maximum atomic E-state index is 6.08. The van der Waals surface area contributed by atoms with E-state index in [-0.39, 0.29) is 6.10 Å². The van der Waals surface area contributed by atoms with Crippen LogP contribution in [0.3, 0.4) is 0 Å². The first-order chi connectivity index (χ1) is 15.3. The summed E-state index contributed by atoms with van der Waals surface area (Å²) >= 11 is 0. The van der Waals surface area contributed by atoms with E-state index in [0.29, 0.717) is 12.4 Å². The molecule has 1 aliphatic heterocycles. The Kier molecular flexibility index (Phi) is 5.78. The molecule has 0 saturated carbocycles. The van der Waals surface area contributed by atoms with E-state index in [9.17, 15) is 0 Å². The monoisotopic (exact) mass is 417 g/mol. The molecule has 0 amide bonds. The number of pyridine rings is 1. The Bertz CT molecular complexity index is 1040. The molecule has 1 aliphatic carbocycles. The summed E-state index contributed by atoms with van der Waals surface area (Å²) in [5.74, 6) is 2.40. The highest BCUT2D eigenvalue weighted by atomic mass is 16.5. The van der Waals surface area contributed by atoms with Crippen molar-refractivity contribution in [3.05, 3.63) is 71.3 Å². The summed E-state index contributed by atoms with van der Waals surface area (Å²) < 4.78 is 11.8. The summed E-state index contributed by atoms with van der Waals surface area (Å²) in [5, 5.41) is 3.20. The van der Waals surface area contributed by atoms with Gasteiger partial charge in [0.15, 0.2) is 0 Å². The second-order valence-corrected chi connectivity index (χ2v) is 8.04. The van der Waals surface area contributed by atoms with E-state index in [1.807, 2.05) is 18.2 Å². The Morgan fingerprint density at radius 1 is 1.16 bits per heavy atom. The predicted octanol–water partition coefficient (Wildman–Crippen LogP) is 3.69. The summed E-state index contributed by atoms with van der Waals surface area (Å²) in [7, 11) is 1.77. The Morgan fingerprint density at radius 3 is 2.90 bits per heavy atom. The van der Waals surface area contributed by atoms with Gasteiger partial charge in [-0.3, -0.25) is 9.88 Å². The molecule has 31 heavy (non-hydrogen) atoms. The molecule has 7 nitrogen and oxygen atoms in total. The minimum absolute atomic E-state index is 0.0715. The van der Waals surface area contributed by atoms with Gasteiger partial charge in [0.05, 0.1) is 25.6 Å². The molecule has 3 aromatic rings. The zero-order valence-electron chi connectivity index (χ0n) is 17.8. The van der Waals surface area contributed by atoms with Gasteiger partial charge in [0.2, 0.25) is 0 Å². The van der Waals surface area contributed by atoms with Gasteiger partial charge in [-0.25, -0.2) is 9.97 Å². The van der Waals surface area contributed by atoms with Gasteiger partial charge in [-0.2, -0.15) is 0 Å². The lowest BCUT2D eigenvalue weighted by Crippen LogP contribution is -2.38. The van der Waals surface area contributed by atoms with Crippen molar-refractivity contribution in [3.63, 3.8) is 0 Å². The zero-order valence-corrected chi connectivity index (χ0v) is 17.8. The number of aryl methyl sites for hydroxylation is 2. The third kappa shape index (κ3) is 4.52. The minimum atomic E-state index is -0.0715. The lowest BCUT2D eigenvalue weighted by atomic mass is 10.0. The molecular formula is C24H27N5O2. The molecule has 1 fully saturated rings. The number of benzene rings is 1. The Hall–Kier alpha value is -3.03. The maximum absolute atomic E-state index is 6.08. The van der Waals surface area contributed by atoms with E-state index in [4.69, 9.17) is 14.5 Å². The highest BCUT2D eigenvalue weighted by molar-refractivity contribution is 5.50. The molecule has 1 N–H and O–H groups in total. The predicted molar refractivity (Wildman–Crippen MR) is 119 cm³/mol. The van der Waals surface area contributed by atoms with E-state index >= 15 is 0 Å². The highest BCUT2D eigenvalue weighted by Crippen LogP contribution is 2.32. The van der Waals surface area contributed by atoms with Crippen LogP contribution in [0.2, 0.25) is 0 Å². The van der Waals surface area contributed by atoms with Crippen LogP contribution in [0, 0.1) is 0 Å². The number of aromatic nitrogens is 3. The van der Waals surface area contributed by atoms with Crippen molar-refractivity contribution in [3.8, 4) is 5.75 Å². The van der Waals surface area contributed by atoms with Crippen LogP contribution in [-0.2, 0) is 24.1 Å². The molecule has 1 atom stereocenters. The molecule has 2 aliphatic rings. The molecule has 160 valence electrons. The summed E-state index contributed by atoms with van der Waals surface area (Å²) in [6, 6.07) is 10.5. The third-order valence-corrected chi connectivity index (χ3v) is 5.96. The van der Waals surface area contributed by atoms with Gasteiger partial charge in [-0.05, 0) is 48.6 Å². The van der Waals surface area contributed by atoms with Crippen molar-refractivity contribution in [1.82, 2.24) is 19.9 Å². The molecule has 0 spiro atoms. The van der Waals surface area contributed by atoms with Gasteiger partial charge < -0.3 is 14.8 Å². The lowest BCUT2D eigenvalue weighted by molar-refractivity contribution is -0.0351. The van der Waals surface area contributed by atoms with E-state index in [2.05, 4.69) is 32.3 Å². The van der Waals surface area contributed by atoms with E-state index in [1.54, 1.807) is 25.7 Å². The molecular weight excluding hydrogens is 390 g/mol. The molecule has 3 heterocycles. The highest BCUT2D eigenvalue weighted by Gasteiger charge is 2.25. The minimum Gasteiger partial charge on any atom is -0.496 e. The molecule has 1 unspecified atom stereocenters. The van der Waals surface area contributed by atoms with Crippen LogP contribution in [0.1, 0.15) is 34.9 Å². The van der Waals surface area contributed by atoms with Gasteiger partial charge in [-0.15, -0.1) is 0 Å². The first-order valence-electron chi connectivity index (χ1n) is 10.8. The number of nitrogens with zero attached hydrogens (tertiary/aromatic N) is 4. The topological polar surface area (TPSA) is 72.4 Å². The smallest absolute Gasteiger partial charge is 0.150 e. The number of fused-ring (bicyclic) bond motifs is 1. The number of hydrogen-bond donors (Lipinski definition) is 1. The standard InChI is InChI=1S/C24H27N5O2/c1-30-21-13-18-5-2-4-17(18)12-19(21)15-29-10-11-31-22(16-29)20-6-3-7-23(27-20)28-24-14-25-8-9-26-24/h3,6-9,12-14,22H,2,4-5,10-11,15-16H2,1H3,(H,26,27,28). The van der Waals surface area contributed by atoms with E-state index < -0.39 is 0 Å². The van der Waals surface area contributed by atoms with Gasteiger partial charge in [0.25, 0.3) is 0 Å². The average molecular weight is 418 g/mol. The van der Waals surface area contributed by atoms with Crippen molar-refractivity contribution in [2.45, 2.75) is 31.9 Å². The SMILES string of the molecule is COc1cc2c(cc1CN1CCOC(c3cccc(Nc4cnccn4)n3)C1)CCC2. The molecule has 0 radical (unpaired) electrons. The van der Waals surface area contributed by atoms with Gasteiger partial charge in [0.1, 0.15) is 23.5 Å². The average Bonchev–Trinajstić information content (AvgIpc) is 3.27. The molecule has 1 saturated heterocycles. The molecule has 7 heteroatoms. The van der Waals surface area contributed by atoms with Crippen LogP contribution in [0.4, 0.5) is 11.6 Å². The Labute approximate surface area is 182 Å². The van der Waals surface area contributed by atoms with Crippen molar-refractivity contribution in [1.29, 1.82) is 0 Å². The second-order valence-electron chi connectivity index (χ2n) is 8.04.